The number of hydrogen-bond acceptors (Lipinski definition) is 3. The van der Waals surface area contributed by atoms with Crippen molar-refractivity contribution >= 4 is 11.3 Å². The third-order valence-corrected chi connectivity index (χ3v) is 3.85. The van der Waals surface area contributed by atoms with Crippen molar-refractivity contribution in [1.29, 1.82) is 0 Å². The highest BCUT2D eigenvalue weighted by atomic mass is 32.1. The molecule has 1 N–H and O–H groups in total. The average molecular weight is 285 g/mol. The third-order valence-electron chi connectivity index (χ3n) is 3.00. The van der Waals surface area contributed by atoms with Gasteiger partial charge in [-0.2, -0.15) is 0 Å². The summed E-state index contributed by atoms with van der Waals surface area (Å²) in [6, 6.07) is 14.1. The number of phenolic OH excluding ortho intramolecular Hbond substituents is 1. The number of aromatic hydroxyl groups is 1. The first-order valence-electron chi connectivity index (χ1n) is 6.19. The topological polar surface area (TPSA) is 33.1 Å². The summed E-state index contributed by atoms with van der Waals surface area (Å²) in [7, 11) is 0. The first kappa shape index (κ1) is 12.8. The lowest BCUT2D eigenvalue weighted by Crippen LogP contribution is -1.92. The standard InChI is InChI=1S/C16H12FNOS/c17-14-9-13(19)7-6-12(14)8-16-18-15(10-20-16)11-4-2-1-3-5-11/h1-7,9-10,19H,8H2. The van der Waals surface area contributed by atoms with Crippen LogP contribution in [0.15, 0.2) is 53.9 Å². The fourth-order valence-electron chi connectivity index (χ4n) is 1.98. The van der Waals surface area contributed by atoms with E-state index < -0.39 is 5.82 Å². The molecule has 0 saturated carbocycles. The first-order chi connectivity index (χ1) is 9.72. The van der Waals surface area contributed by atoms with Crippen molar-refractivity contribution in [3.8, 4) is 17.0 Å². The largest absolute Gasteiger partial charge is 0.508 e. The molecule has 0 unspecified atom stereocenters. The van der Waals surface area contributed by atoms with E-state index in [1.807, 2.05) is 35.7 Å². The second-order valence-electron chi connectivity index (χ2n) is 4.44. The Bertz CT molecular complexity index is 724. The molecule has 0 spiro atoms. The van der Waals surface area contributed by atoms with Gasteiger partial charge in [0.05, 0.1) is 10.7 Å². The second-order valence-corrected chi connectivity index (χ2v) is 5.39. The minimum Gasteiger partial charge on any atom is -0.508 e. The van der Waals surface area contributed by atoms with Gasteiger partial charge in [0.15, 0.2) is 0 Å². The summed E-state index contributed by atoms with van der Waals surface area (Å²) < 4.78 is 13.7. The van der Waals surface area contributed by atoms with E-state index in [4.69, 9.17) is 0 Å². The molecule has 0 bridgehead atoms. The average Bonchev–Trinajstić information content (AvgIpc) is 2.92. The van der Waals surface area contributed by atoms with Crippen LogP contribution in [-0.4, -0.2) is 10.1 Å². The fraction of sp³-hybridized carbons (Fsp3) is 0.0625. The van der Waals surface area contributed by atoms with Gasteiger partial charge in [-0.3, -0.25) is 0 Å². The van der Waals surface area contributed by atoms with Crippen molar-refractivity contribution in [2.75, 3.05) is 0 Å². The van der Waals surface area contributed by atoms with Crippen LogP contribution in [0.1, 0.15) is 10.6 Å². The van der Waals surface area contributed by atoms with Crippen LogP contribution in [0.4, 0.5) is 4.39 Å². The molecule has 2 aromatic carbocycles. The normalized spacial score (nSPS) is 10.7. The van der Waals surface area contributed by atoms with Gasteiger partial charge in [0.2, 0.25) is 0 Å². The summed E-state index contributed by atoms with van der Waals surface area (Å²) in [6.45, 7) is 0. The molecule has 20 heavy (non-hydrogen) atoms. The highest BCUT2D eigenvalue weighted by Crippen LogP contribution is 2.24. The number of nitrogens with zero attached hydrogens (tertiary/aromatic N) is 1. The smallest absolute Gasteiger partial charge is 0.130 e. The molecule has 2 nitrogen and oxygen atoms in total. The van der Waals surface area contributed by atoms with Gasteiger partial charge in [0, 0.05) is 23.4 Å². The maximum absolute atomic E-state index is 13.7. The molecule has 4 heteroatoms. The van der Waals surface area contributed by atoms with E-state index in [-0.39, 0.29) is 5.75 Å². The van der Waals surface area contributed by atoms with Crippen molar-refractivity contribution in [2.24, 2.45) is 0 Å². The zero-order valence-corrected chi connectivity index (χ0v) is 11.4. The van der Waals surface area contributed by atoms with E-state index in [2.05, 4.69) is 4.98 Å². The Morgan fingerprint density at radius 1 is 1.10 bits per heavy atom. The molecule has 1 heterocycles. The molecule has 0 aliphatic heterocycles. The first-order valence-corrected chi connectivity index (χ1v) is 7.07. The van der Waals surface area contributed by atoms with E-state index in [1.165, 1.54) is 17.4 Å². The quantitative estimate of drug-likeness (QED) is 0.780. The molecule has 0 fully saturated rings. The van der Waals surface area contributed by atoms with E-state index in [9.17, 15) is 9.50 Å². The van der Waals surface area contributed by atoms with Gasteiger partial charge in [-0.1, -0.05) is 36.4 Å². The molecule has 0 amide bonds. The summed E-state index contributed by atoms with van der Waals surface area (Å²) in [5.41, 5.74) is 2.50. The predicted molar refractivity (Wildman–Crippen MR) is 78.4 cm³/mol. The highest BCUT2D eigenvalue weighted by Gasteiger charge is 2.08. The van der Waals surface area contributed by atoms with Crippen molar-refractivity contribution in [3.63, 3.8) is 0 Å². The molecule has 0 saturated heterocycles. The number of thiazole rings is 1. The third kappa shape index (κ3) is 2.70. The number of halogens is 1. The van der Waals surface area contributed by atoms with Gasteiger partial charge in [-0.15, -0.1) is 11.3 Å². The molecule has 0 aliphatic rings. The summed E-state index contributed by atoms with van der Waals surface area (Å²) in [5.74, 6) is -0.461. The monoisotopic (exact) mass is 285 g/mol. The molecule has 3 rings (SSSR count). The van der Waals surface area contributed by atoms with Gasteiger partial charge in [-0.25, -0.2) is 9.37 Å². The van der Waals surface area contributed by atoms with Crippen LogP contribution in [0.2, 0.25) is 0 Å². The van der Waals surface area contributed by atoms with Gasteiger partial charge in [0.25, 0.3) is 0 Å². The Hall–Kier alpha value is -2.20. The SMILES string of the molecule is Oc1ccc(Cc2nc(-c3ccccc3)cs2)c(F)c1. The fourth-order valence-corrected chi connectivity index (χ4v) is 2.80. The van der Waals surface area contributed by atoms with Crippen LogP contribution >= 0.6 is 11.3 Å². The Labute approximate surface area is 120 Å². The molecule has 0 atom stereocenters. The Balaban J connectivity index is 1.84. The van der Waals surface area contributed by atoms with Crippen LogP contribution in [0.5, 0.6) is 5.75 Å². The lowest BCUT2D eigenvalue weighted by molar-refractivity contribution is 0.468. The van der Waals surface area contributed by atoms with E-state index in [0.29, 0.717) is 12.0 Å². The van der Waals surface area contributed by atoms with E-state index in [1.54, 1.807) is 6.07 Å². The van der Waals surface area contributed by atoms with Gasteiger partial charge in [-0.05, 0) is 11.6 Å². The minimum atomic E-state index is -0.401. The summed E-state index contributed by atoms with van der Waals surface area (Å²) in [4.78, 5) is 4.53. The van der Waals surface area contributed by atoms with Crippen LogP contribution in [0, 0.1) is 5.82 Å². The Morgan fingerprint density at radius 3 is 2.65 bits per heavy atom. The van der Waals surface area contributed by atoms with Crippen molar-refractivity contribution in [3.05, 3.63) is 70.3 Å². The van der Waals surface area contributed by atoms with Gasteiger partial charge in [0.1, 0.15) is 11.6 Å². The minimum absolute atomic E-state index is 0.0598. The zero-order chi connectivity index (χ0) is 13.9. The van der Waals surface area contributed by atoms with Gasteiger partial charge < -0.3 is 5.11 Å². The van der Waals surface area contributed by atoms with Crippen LogP contribution in [0.3, 0.4) is 0 Å². The van der Waals surface area contributed by atoms with E-state index in [0.717, 1.165) is 22.3 Å². The molecule has 100 valence electrons. The summed E-state index contributed by atoms with van der Waals surface area (Å²) in [5, 5.41) is 12.0. The highest BCUT2D eigenvalue weighted by molar-refractivity contribution is 7.10. The van der Waals surface area contributed by atoms with Gasteiger partial charge >= 0.3 is 0 Å². The molecule has 0 aliphatic carbocycles. The lowest BCUT2D eigenvalue weighted by Gasteiger charge is -2.01. The van der Waals surface area contributed by atoms with Crippen molar-refractivity contribution in [1.82, 2.24) is 4.98 Å². The van der Waals surface area contributed by atoms with Crippen molar-refractivity contribution < 1.29 is 9.50 Å². The molecule has 0 radical (unpaired) electrons. The number of phenols is 1. The van der Waals surface area contributed by atoms with Crippen LogP contribution in [0.25, 0.3) is 11.3 Å². The number of aromatic nitrogens is 1. The van der Waals surface area contributed by atoms with Crippen molar-refractivity contribution in [2.45, 2.75) is 6.42 Å². The number of hydrogen-bond donors (Lipinski definition) is 1. The van der Waals surface area contributed by atoms with Crippen LogP contribution in [-0.2, 0) is 6.42 Å². The Morgan fingerprint density at radius 2 is 1.90 bits per heavy atom. The predicted octanol–water partition coefficient (Wildman–Crippen LogP) is 4.25. The lowest BCUT2D eigenvalue weighted by atomic mass is 10.1. The summed E-state index contributed by atoms with van der Waals surface area (Å²) in [6.07, 6.45) is 0.434. The van der Waals surface area contributed by atoms with E-state index >= 15 is 0 Å². The second kappa shape index (κ2) is 5.43. The molecular formula is C16H12FNOS. The summed E-state index contributed by atoms with van der Waals surface area (Å²) >= 11 is 1.51. The van der Waals surface area contributed by atoms with Crippen LogP contribution < -0.4 is 0 Å². The molecule has 1 aromatic heterocycles. The maximum Gasteiger partial charge on any atom is 0.130 e. The number of rotatable bonds is 3. The molecule has 3 aromatic rings. The Kier molecular flexibility index (Phi) is 3.48. The molecular weight excluding hydrogens is 273 g/mol. The number of benzene rings is 2. The maximum atomic E-state index is 13.7. The zero-order valence-electron chi connectivity index (χ0n) is 10.6.